The van der Waals surface area contributed by atoms with Crippen molar-refractivity contribution in [1.82, 2.24) is 5.32 Å². The summed E-state index contributed by atoms with van der Waals surface area (Å²) >= 11 is 0. The highest BCUT2D eigenvalue weighted by Crippen LogP contribution is 2.38. The van der Waals surface area contributed by atoms with E-state index in [-0.39, 0.29) is 11.7 Å². The first-order valence-electron chi connectivity index (χ1n) is 5.98. The molecule has 2 rings (SSSR count). The molecular weight excluding hydrogens is 243 g/mol. The molecule has 0 aromatic heterocycles. The van der Waals surface area contributed by atoms with E-state index < -0.39 is 11.7 Å². The SMILES string of the molecule is COc1cc(C2CCCNC2)ccc1C(F)(F)F. The minimum atomic E-state index is -4.37. The Kier molecular flexibility index (Phi) is 3.80. The fourth-order valence-electron chi connectivity index (χ4n) is 2.33. The molecule has 2 nitrogen and oxygen atoms in total. The first-order valence-corrected chi connectivity index (χ1v) is 5.98. The molecule has 1 atom stereocenters. The van der Waals surface area contributed by atoms with Gasteiger partial charge in [-0.2, -0.15) is 13.2 Å². The summed E-state index contributed by atoms with van der Waals surface area (Å²) in [5.41, 5.74) is 0.199. The number of nitrogens with one attached hydrogen (secondary N) is 1. The summed E-state index contributed by atoms with van der Waals surface area (Å²) in [5.74, 6) is 0.181. The van der Waals surface area contributed by atoms with Gasteiger partial charge in [-0.1, -0.05) is 6.07 Å². The van der Waals surface area contributed by atoms with Crippen LogP contribution in [-0.2, 0) is 6.18 Å². The molecule has 0 saturated carbocycles. The largest absolute Gasteiger partial charge is 0.496 e. The van der Waals surface area contributed by atoms with Crippen LogP contribution in [0.4, 0.5) is 13.2 Å². The van der Waals surface area contributed by atoms with Gasteiger partial charge in [-0.15, -0.1) is 0 Å². The van der Waals surface area contributed by atoms with Crippen LogP contribution in [0.5, 0.6) is 5.75 Å². The van der Waals surface area contributed by atoms with Crippen molar-refractivity contribution in [3.63, 3.8) is 0 Å². The Bertz CT molecular complexity index is 411. The normalized spacial score (nSPS) is 20.8. The van der Waals surface area contributed by atoms with E-state index in [9.17, 15) is 13.2 Å². The summed E-state index contributed by atoms with van der Waals surface area (Å²) in [4.78, 5) is 0. The number of methoxy groups -OCH3 is 1. The second-order valence-corrected chi connectivity index (χ2v) is 4.50. The van der Waals surface area contributed by atoms with Crippen LogP contribution in [0.2, 0.25) is 0 Å². The Morgan fingerprint density at radius 2 is 2.11 bits per heavy atom. The van der Waals surface area contributed by atoms with E-state index in [1.54, 1.807) is 6.07 Å². The number of piperidine rings is 1. The van der Waals surface area contributed by atoms with E-state index in [1.807, 2.05) is 0 Å². The number of alkyl halides is 3. The fraction of sp³-hybridized carbons (Fsp3) is 0.538. The summed E-state index contributed by atoms with van der Waals surface area (Å²) in [5, 5.41) is 3.25. The Morgan fingerprint density at radius 1 is 1.33 bits per heavy atom. The number of hydrogen-bond donors (Lipinski definition) is 1. The van der Waals surface area contributed by atoms with Crippen LogP contribution in [0, 0.1) is 0 Å². The molecule has 1 fully saturated rings. The molecule has 0 radical (unpaired) electrons. The summed E-state index contributed by atoms with van der Waals surface area (Å²) in [6, 6.07) is 4.19. The van der Waals surface area contributed by atoms with Gasteiger partial charge in [0.05, 0.1) is 12.7 Å². The molecule has 1 unspecified atom stereocenters. The van der Waals surface area contributed by atoms with Crippen molar-refractivity contribution >= 4 is 0 Å². The minimum Gasteiger partial charge on any atom is -0.496 e. The van der Waals surface area contributed by atoms with Gasteiger partial charge in [-0.05, 0) is 43.0 Å². The third-order valence-electron chi connectivity index (χ3n) is 3.30. The molecule has 0 bridgehead atoms. The summed E-state index contributed by atoms with van der Waals surface area (Å²) in [6.07, 6.45) is -2.32. The van der Waals surface area contributed by atoms with Gasteiger partial charge < -0.3 is 10.1 Å². The van der Waals surface area contributed by atoms with Crippen LogP contribution in [0.15, 0.2) is 18.2 Å². The van der Waals surface area contributed by atoms with Crippen molar-refractivity contribution < 1.29 is 17.9 Å². The Morgan fingerprint density at radius 3 is 2.67 bits per heavy atom. The van der Waals surface area contributed by atoms with Crippen molar-refractivity contribution in [1.29, 1.82) is 0 Å². The number of benzene rings is 1. The van der Waals surface area contributed by atoms with Crippen molar-refractivity contribution in [2.24, 2.45) is 0 Å². The van der Waals surface area contributed by atoms with Gasteiger partial charge in [0, 0.05) is 6.54 Å². The number of hydrogen-bond acceptors (Lipinski definition) is 2. The van der Waals surface area contributed by atoms with E-state index in [1.165, 1.54) is 13.2 Å². The lowest BCUT2D eigenvalue weighted by atomic mass is 9.91. The predicted octanol–water partition coefficient (Wildman–Crippen LogP) is 3.18. The van der Waals surface area contributed by atoms with Crippen LogP contribution in [-0.4, -0.2) is 20.2 Å². The Balaban J connectivity index is 2.29. The lowest BCUT2D eigenvalue weighted by molar-refractivity contribution is -0.138. The zero-order valence-corrected chi connectivity index (χ0v) is 10.2. The highest BCUT2D eigenvalue weighted by Gasteiger charge is 2.34. The van der Waals surface area contributed by atoms with Gasteiger partial charge in [0.2, 0.25) is 0 Å². The second kappa shape index (κ2) is 5.18. The molecule has 0 spiro atoms. The molecule has 1 aromatic carbocycles. The molecule has 1 heterocycles. The highest BCUT2D eigenvalue weighted by atomic mass is 19.4. The van der Waals surface area contributed by atoms with E-state index in [2.05, 4.69) is 5.32 Å². The van der Waals surface area contributed by atoms with E-state index in [0.717, 1.165) is 37.6 Å². The highest BCUT2D eigenvalue weighted by molar-refractivity contribution is 5.41. The van der Waals surface area contributed by atoms with Crippen molar-refractivity contribution in [3.8, 4) is 5.75 Å². The smallest absolute Gasteiger partial charge is 0.419 e. The molecular formula is C13H16F3NO. The lowest BCUT2D eigenvalue weighted by Crippen LogP contribution is -2.28. The zero-order chi connectivity index (χ0) is 13.2. The molecule has 1 N–H and O–H groups in total. The Hall–Kier alpha value is -1.23. The van der Waals surface area contributed by atoms with Gasteiger partial charge in [-0.25, -0.2) is 0 Å². The average molecular weight is 259 g/mol. The maximum atomic E-state index is 12.7. The summed E-state index contributed by atoms with van der Waals surface area (Å²) in [7, 11) is 1.27. The topological polar surface area (TPSA) is 21.3 Å². The molecule has 18 heavy (non-hydrogen) atoms. The first-order chi connectivity index (χ1) is 8.52. The number of ether oxygens (including phenoxy) is 1. The maximum absolute atomic E-state index is 12.7. The van der Waals surface area contributed by atoms with Gasteiger partial charge in [0.1, 0.15) is 5.75 Å². The van der Waals surface area contributed by atoms with Gasteiger partial charge in [-0.3, -0.25) is 0 Å². The Labute approximate surface area is 104 Å². The number of rotatable bonds is 2. The van der Waals surface area contributed by atoms with E-state index >= 15 is 0 Å². The average Bonchev–Trinajstić information content (AvgIpc) is 2.38. The van der Waals surface area contributed by atoms with Gasteiger partial charge in [0.15, 0.2) is 0 Å². The molecule has 1 saturated heterocycles. The predicted molar refractivity (Wildman–Crippen MR) is 62.8 cm³/mol. The van der Waals surface area contributed by atoms with Crippen LogP contribution in [0.25, 0.3) is 0 Å². The monoisotopic (exact) mass is 259 g/mol. The molecule has 1 aliphatic heterocycles. The van der Waals surface area contributed by atoms with Crippen LogP contribution >= 0.6 is 0 Å². The first kappa shape index (κ1) is 13.2. The third-order valence-corrected chi connectivity index (χ3v) is 3.30. The van der Waals surface area contributed by atoms with Gasteiger partial charge >= 0.3 is 6.18 Å². The number of halogens is 3. The van der Waals surface area contributed by atoms with Crippen molar-refractivity contribution in [2.75, 3.05) is 20.2 Å². The fourth-order valence-corrected chi connectivity index (χ4v) is 2.33. The second-order valence-electron chi connectivity index (χ2n) is 4.50. The van der Waals surface area contributed by atoms with Crippen LogP contribution in [0.1, 0.15) is 29.9 Å². The zero-order valence-electron chi connectivity index (χ0n) is 10.2. The molecule has 100 valence electrons. The third kappa shape index (κ3) is 2.77. The van der Waals surface area contributed by atoms with Crippen molar-refractivity contribution in [3.05, 3.63) is 29.3 Å². The molecule has 1 aliphatic rings. The molecule has 0 aliphatic carbocycles. The standard InChI is InChI=1S/C13H16F3NO/c1-18-12-7-9(10-3-2-6-17-8-10)4-5-11(12)13(14,15)16/h4-5,7,10,17H,2-3,6,8H2,1H3. The van der Waals surface area contributed by atoms with E-state index in [4.69, 9.17) is 4.74 Å². The molecule has 1 aromatic rings. The van der Waals surface area contributed by atoms with Crippen molar-refractivity contribution in [2.45, 2.75) is 24.9 Å². The quantitative estimate of drug-likeness (QED) is 0.880. The minimum absolute atomic E-state index is 0.0921. The van der Waals surface area contributed by atoms with Gasteiger partial charge in [0.25, 0.3) is 0 Å². The summed E-state index contributed by atoms with van der Waals surface area (Å²) < 4.78 is 43.0. The van der Waals surface area contributed by atoms with E-state index in [0.29, 0.717) is 0 Å². The van der Waals surface area contributed by atoms with Crippen LogP contribution < -0.4 is 10.1 Å². The molecule has 5 heteroatoms. The molecule has 0 amide bonds. The summed E-state index contributed by atoms with van der Waals surface area (Å²) in [6.45, 7) is 1.79. The maximum Gasteiger partial charge on any atom is 0.419 e. The van der Waals surface area contributed by atoms with Crippen LogP contribution in [0.3, 0.4) is 0 Å². The lowest BCUT2D eigenvalue weighted by Gasteiger charge is -2.24.